The van der Waals surface area contributed by atoms with Crippen LogP contribution in [0.1, 0.15) is 17.7 Å². The molecule has 0 atom stereocenters. The molecule has 0 aliphatic carbocycles. The summed E-state index contributed by atoms with van der Waals surface area (Å²) in [5.41, 5.74) is 0.941. The molecule has 0 bridgehead atoms. The number of benzene rings is 1. The average molecular weight is 325 g/mol. The van der Waals surface area contributed by atoms with Crippen LogP contribution >= 0.6 is 0 Å². The van der Waals surface area contributed by atoms with Crippen molar-refractivity contribution in [3.8, 4) is 11.6 Å². The molecule has 0 saturated carbocycles. The predicted octanol–water partition coefficient (Wildman–Crippen LogP) is 2.80. The molecule has 0 saturated heterocycles. The Morgan fingerprint density at radius 3 is 2.48 bits per heavy atom. The molecule has 23 heavy (non-hydrogen) atoms. The maximum atomic E-state index is 12.6. The van der Waals surface area contributed by atoms with Crippen LogP contribution in [0.3, 0.4) is 0 Å². The molecule has 0 amide bonds. The summed E-state index contributed by atoms with van der Waals surface area (Å²) >= 11 is 0. The molecule has 2 aromatic rings. The summed E-state index contributed by atoms with van der Waals surface area (Å²) in [5, 5.41) is 7.59. The van der Waals surface area contributed by atoms with E-state index in [1.54, 1.807) is 31.4 Å². The van der Waals surface area contributed by atoms with E-state index in [9.17, 15) is 8.78 Å². The molecule has 0 aliphatic rings. The lowest BCUT2D eigenvalue weighted by atomic mass is 10.1. The minimum absolute atomic E-state index is 0.0440. The van der Waals surface area contributed by atoms with Crippen molar-refractivity contribution in [3.63, 3.8) is 0 Å². The zero-order valence-corrected chi connectivity index (χ0v) is 13.0. The van der Waals surface area contributed by atoms with Crippen LogP contribution in [0.2, 0.25) is 0 Å². The third-order valence-electron chi connectivity index (χ3n) is 3.06. The molecule has 1 aromatic carbocycles. The third-order valence-corrected chi connectivity index (χ3v) is 3.06. The van der Waals surface area contributed by atoms with Crippen molar-refractivity contribution in [1.82, 2.24) is 9.78 Å². The van der Waals surface area contributed by atoms with E-state index in [1.165, 1.54) is 24.9 Å². The third kappa shape index (κ3) is 4.18. The first-order chi connectivity index (χ1) is 11.0. The van der Waals surface area contributed by atoms with Gasteiger partial charge < -0.3 is 14.3 Å². The van der Waals surface area contributed by atoms with Gasteiger partial charge in [-0.05, 0) is 24.3 Å². The van der Waals surface area contributed by atoms with E-state index in [0.29, 0.717) is 11.5 Å². The number of oxime groups is 1. The Kier molecular flexibility index (Phi) is 5.51. The fourth-order valence-corrected chi connectivity index (χ4v) is 1.91. The monoisotopic (exact) mass is 325 g/mol. The quantitative estimate of drug-likeness (QED) is 0.580. The first-order valence-electron chi connectivity index (χ1n) is 6.74. The maximum absolute atomic E-state index is 12.6. The Hall–Kier alpha value is -2.64. The van der Waals surface area contributed by atoms with Gasteiger partial charge in [0, 0.05) is 18.7 Å². The van der Waals surface area contributed by atoms with E-state index < -0.39 is 6.43 Å². The fourth-order valence-electron chi connectivity index (χ4n) is 1.91. The minimum Gasteiger partial charge on any atom is -0.497 e. The smallest absolute Gasteiger partial charge is 0.282 e. The van der Waals surface area contributed by atoms with E-state index in [1.807, 2.05) is 0 Å². The van der Waals surface area contributed by atoms with E-state index in [0.717, 1.165) is 5.56 Å². The lowest BCUT2D eigenvalue weighted by molar-refractivity contribution is 0.145. The van der Waals surface area contributed by atoms with Crippen LogP contribution in [-0.2, 0) is 11.9 Å². The Labute approximate surface area is 132 Å². The molecule has 0 unspecified atom stereocenters. The molecule has 0 fully saturated rings. The highest BCUT2D eigenvalue weighted by Gasteiger charge is 2.15. The molecule has 6 nitrogen and oxygen atoms in total. The Morgan fingerprint density at radius 1 is 1.26 bits per heavy atom. The number of aryl methyl sites for hydroxylation is 1. The molecule has 0 aliphatic heterocycles. The first-order valence-corrected chi connectivity index (χ1v) is 6.74. The van der Waals surface area contributed by atoms with Crippen molar-refractivity contribution < 1.29 is 23.1 Å². The van der Waals surface area contributed by atoms with Gasteiger partial charge in [0.1, 0.15) is 30.9 Å². The van der Waals surface area contributed by atoms with E-state index in [-0.39, 0.29) is 18.2 Å². The number of hydrogen-bond donors (Lipinski definition) is 0. The van der Waals surface area contributed by atoms with Crippen LogP contribution < -0.4 is 9.47 Å². The van der Waals surface area contributed by atoms with E-state index in [4.69, 9.17) is 14.3 Å². The standard InChI is InChI=1S/C15H17F2N3O3/c1-20-14(8-12(18-20)15(16)17)23-9-13(19-22-3)10-4-6-11(21-2)7-5-10/h4-8,15H,9H2,1-3H3. The highest BCUT2D eigenvalue weighted by atomic mass is 19.3. The normalized spacial score (nSPS) is 11.7. The molecule has 1 aromatic heterocycles. The lowest BCUT2D eigenvalue weighted by Crippen LogP contribution is -2.15. The second kappa shape index (κ2) is 7.57. The molecule has 0 N–H and O–H groups in total. The van der Waals surface area contributed by atoms with Crippen molar-refractivity contribution >= 4 is 5.71 Å². The summed E-state index contributed by atoms with van der Waals surface area (Å²) in [7, 11) is 4.52. The van der Waals surface area contributed by atoms with Gasteiger partial charge in [0.15, 0.2) is 0 Å². The van der Waals surface area contributed by atoms with Crippen molar-refractivity contribution in [2.45, 2.75) is 6.43 Å². The number of hydrogen-bond acceptors (Lipinski definition) is 5. The number of ether oxygens (including phenoxy) is 2. The van der Waals surface area contributed by atoms with Gasteiger partial charge in [-0.2, -0.15) is 5.10 Å². The van der Waals surface area contributed by atoms with Gasteiger partial charge in [0.25, 0.3) is 6.43 Å². The van der Waals surface area contributed by atoms with Gasteiger partial charge >= 0.3 is 0 Å². The van der Waals surface area contributed by atoms with Crippen LogP contribution in [0.25, 0.3) is 0 Å². The predicted molar refractivity (Wildman–Crippen MR) is 80.2 cm³/mol. The largest absolute Gasteiger partial charge is 0.497 e. The van der Waals surface area contributed by atoms with Crippen LogP contribution in [0.4, 0.5) is 8.78 Å². The Morgan fingerprint density at radius 2 is 1.96 bits per heavy atom. The fraction of sp³-hybridized carbons (Fsp3) is 0.333. The molecule has 0 radical (unpaired) electrons. The summed E-state index contributed by atoms with van der Waals surface area (Å²) in [4.78, 5) is 4.81. The van der Waals surface area contributed by atoms with Crippen molar-refractivity contribution in [2.24, 2.45) is 12.2 Å². The Bertz CT molecular complexity index is 669. The molecule has 0 spiro atoms. The van der Waals surface area contributed by atoms with Gasteiger partial charge in [0.2, 0.25) is 5.88 Å². The van der Waals surface area contributed by atoms with Crippen LogP contribution in [0.15, 0.2) is 35.5 Å². The van der Waals surface area contributed by atoms with Gasteiger partial charge in [-0.3, -0.25) is 0 Å². The average Bonchev–Trinajstić information content (AvgIpc) is 2.93. The zero-order valence-electron chi connectivity index (χ0n) is 13.0. The van der Waals surface area contributed by atoms with Crippen LogP contribution in [0.5, 0.6) is 11.6 Å². The highest BCUT2D eigenvalue weighted by Crippen LogP contribution is 2.22. The van der Waals surface area contributed by atoms with Gasteiger partial charge in [-0.25, -0.2) is 13.5 Å². The molecular weight excluding hydrogens is 308 g/mol. The number of alkyl halides is 2. The van der Waals surface area contributed by atoms with E-state index >= 15 is 0 Å². The summed E-state index contributed by atoms with van der Waals surface area (Å²) in [5.74, 6) is 0.928. The maximum Gasteiger partial charge on any atom is 0.282 e. The molecule has 1 heterocycles. The van der Waals surface area contributed by atoms with Crippen LogP contribution in [-0.4, -0.2) is 36.3 Å². The summed E-state index contributed by atoms with van der Waals surface area (Å²) < 4.78 is 37.1. The van der Waals surface area contributed by atoms with Gasteiger partial charge in [-0.1, -0.05) is 5.16 Å². The second-order valence-corrected chi connectivity index (χ2v) is 4.57. The Balaban J connectivity index is 2.12. The summed E-state index contributed by atoms with van der Waals surface area (Å²) in [6.45, 7) is 0.0440. The summed E-state index contributed by atoms with van der Waals surface area (Å²) in [6, 6.07) is 8.35. The summed E-state index contributed by atoms with van der Waals surface area (Å²) in [6.07, 6.45) is -2.65. The zero-order chi connectivity index (χ0) is 16.8. The molecule has 2 rings (SSSR count). The second-order valence-electron chi connectivity index (χ2n) is 4.57. The number of rotatable bonds is 7. The topological polar surface area (TPSA) is 57.9 Å². The highest BCUT2D eigenvalue weighted by molar-refractivity contribution is 6.01. The van der Waals surface area contributed by atoms with Crippen molar-refractivity contribution in [1.29, 1.82) is 0 Å². The molecule has 124 valence electrons. The van der Waals surface area contributed by atoms with Crippen molar-refractivity contribution in [3.05, 3.63) is 41.6 Å². The SMILES string of the molecule is CON=C(COc1cc(C(F)F)nn1C)c1ccc(OC)cc1. The van der Waals surface area contributed by atoms with E-state index in [2.05, 4.69) is 10.3 Å². The molecule has 8 heteroatoms. The van der Waals surface area contributed by atoms with Crippen molar-refractivity contribution in [2.75, 3.05) is 20.8 Å². The van der Waals surface area contributed by atoms with Crippen LogP contribution in [0, 0.1) is 0 Å². The number of nitrogens with zero attached hydrogens (tertiary/aromatic N) is 3. The first kappa shape index (κ1) is 16.7. The minimum atomic E-state index is -2.65. The number of halogens is 2. The number of aromatic nitrogens is 2. The number of methoxy groups -OCH3 is 1. The van der Waals surface area contributed by atoms with Gasteiger partial charge in [-0.15, -0.1) is 0 Å². The molecular formula is C15H17F2N3O3. The lowest BCUT2D eigenvalue weighted by Gasteiger charge is -2.09. The van der Waals surface area contributed by atoms with Gasteiger partial charge in [0.05, 0.1) is 7.11 Å².